The van der Waals surface area contributed by atoms with Gasteiger partial charge in [0.25, 0.3) is 5.91 Å². The molecule has 7 nitrogen and oxygen atoms in total. The maximum absolute atomic E-state index is 13.3. The van der Waals surface area contributed by atoms with Gasteiger partial charge >= 0.3 is 5.97 Å². The summed E-state index contributed by atoms with van der Waals surface area (Å²) in [5.74, 6) is -1.49. The van der Waals surface area contributed by atoms with Crippen LogP contribution in [0.15, 0.2) is 77.4 Å². The van der Waals surface area contributed by atoms with Crippen LogP contribution in [0.3, 0.4) is 0 Å². The summed E-state index contributed by atoms with van der Waals surface area (Å²) in [6.45, 7) is 1.28. The van der Waals surface area contributed by atoms with E-state index in [1.54, 1.807) is 66.0 Å². The van der Waals surface area contributed by atoms with Crippen LogP contribution in [0.25, 0.3) is 0 Å². The zero-order valence-corrected chi connectivity index (χ0v) is 18.1. The Kier molecular flexibility index (Phi) is 5.79. The first-order chi connectivity index (χ1) is 15.4. The first-order valence-electron chi connectivity index (χ1n) is 9.68. The van der Waals surface area contributed by atoms with Gasteiger partial charge in [-0.3, -0.25) is 19.3 Å². The molecule has 1 aromatic heterocycles. The number of amides is 1. The molecule has 1 unspecified atom stereocenters. The number of rotatable bonds is 6. The SMILES string of the molecule is COc1cccc(N2C(=O)C(O)=C(C(=O)c3cccs3)C2c2cccc(OC(C)=O)c2)c1. The van der Waals surface area contributed by atoms with Crippen molar-refractivity contribution in [3.05, 3.63) is 87.8 Å². The second-order valence-corrected chi connectivity index (χ2v) is 7.96. The molecule has 2 aromatic carbocycles. The van der Waals surface area contributed by atoms with Crippen LogP contribution in [0.4, 0.5) is 5.69 Å². The number of thiophene rings is 1. The van der Waals surface area contributed by atoms with Gasteiger partial charge in [-0.2, -0.15) is 0 Å². The lowest BCUT2D eigenvalue weighted by Crippen LogP contribution is -2.31. The third-order valence-corrected chi connectivity index (χ3v) is 5.83. The minimum Gasteiger partial charge on any atom is -0.503 e. The first-order valence-corrected chi connectivity index (χ1v) is 10.6. The van der Waals surface area contributed by atoms with E-state index in [-0.39, 0.29) is 11.3 Å². The molecule has 1 N–H and O–H groups in total. The van der Waals surface area contributed by atoms with E-state index in [0.29, 0.717) is 21.9 Å². The summed E-state index contributed by atoms with van der Waals surface area (Å²) in [5, 5.41) is 12.5. The van der Waals surface area contributed by atoms with Gasteiger partial charge in [-0.1, -0.05) is 24.3 Å². The van der Waals surface area contributed by atoms with E-state index in [2.05, 4.69) is 0 Å². The van der Waals surface area contributed by atoms with Crippen LogP contribution in [0.1, 0.15) is 28.2 Å². The minimum atomic E-state index is -0.931. The van der Waals surface area contributed by atoms with Crippen molar-refractivity contribution >= 4 is 34.7 Å². The average molecular weight is 449 g/mol. The highest BCUT2D eigenvalue weighted by molar-refractivity contribution is 7.12. The molecule has 162 valence electrons. The fourth-order valence-corrected chi connectivity index (χ4v) is 4.31. The number of aliphatic hydroxyl groups is 1. The molecule has 32 heavy (non-hydrogen) atoms. The Morgan fingerprint density at radius 3 is 2.47 bits per heavy atom. The van der Waals surface area contributed by atoms with Gasteiger partial charge in [0.1, 0.15) is 11.5 Å². The Hall–Kier alpha value is -3.91. The normalized spacial score (nSPS) is 15.8. The Bertz CT molecular complexity index is 1230. The molecular formula is C24H19NO6S. The number of hydrogen-bond donors (Lipinski definition) is 1. The standard InChI is InChI=1S/C24H19NO6S/c1-14(26)31-18-9-3-6-15(12-18)21-20(22(27)19-10-5-11-32-19)23(28)24(29)25(21)16-7-4-8-17(13-16)30-2/h3-13,21,28H,1-2H3. The van der Waals surface area contributed by atoms with Crippen molar-refractivity contribution < 1.29 is 29.0 Å². The highest BCUT2D eigenvalue weighted by Crippen LogP contribution is 2.43. The average Bonchev–Trinajstić information content (AvgIpc) is 3.41. The molecule has 1 aliphatic rings. The number of hydrogen-bond acceptors (Lipinski definition) is 7. The lowest BCUT2D eigenvalue weighted by atomic mass is 9.95. The number of nitrogens with zero attached hydrogens (tertiary/aromatic N) is 1. The van der Waals surface area contributed by atoms with Crippen LogP contribution in [-0.2, 0) is 9.59 Å². The molecule has 4 rings (SSSR count). The molecule has 2 heterocycles. The van der Waals surface area contributed by atoms with Gasteiger partial charge in [0.15, 0.2) is 5.76 Å². The number of methoxy groups -OCH3 is 1. The van der Waals surface area contributed by atoms with Crippen molar-refractivity contribution in [2.24, 2.45) is 0 Å². The van der Waals surface area contributed by atoms with Crippen LogP contribution in [0.5, 0.6) is 11.5 Å². The molecule has 0 aliphatic carbocycles. The van der Waals surface area contributed by atoms with E-state index < -0.39 is 29.5 Å². The molecule has 1 amide bonds. The summed E-state index contributed by atoms with van der Waals surface area (Å²) in [6, 6.07) is 15.7. The van der Waals surface area contributed by atoms with Crippen molar-refractivity contribution in [1.82, 2.24) is 0 Å². The van der Waals surface area contributed by atoms with Crippen LogP contribution in [0.2, 0.25) is 0 Å². The third-order valence-electron chi connectivity index (χ3n) is 4.96. The van der Waals surface area contributed by atoms with Crippen molar-refractivity contribution in [3.8, 4) is 11.5 Å². The Morgan fingerprint density at radius 1 is 1.03 bits per heavy atom. The Morgan fingerprint density at radius 2 is 1.78 bits per heavy atom. The molecule has 8 heteroatoms. The van der Waals surface area contributed by atoms with Gasteiger partial charge in [0.05, 0.1) is 23.6 Å². The number of aliphatic hydroxyl groups excluding tert-OH is 1. The van der Waals surface area contributed by atoms with E-state index in [4.69, 9.17) is 9.47 Å². The number of anilines is 1. The lowest BCUT2D eigenvalue weighted by Gasteiger charge is -2.27. The van der Waals surface area contributed by atoms with Gasteiger partial charge in [0.2, 0.25) is 5.78 Å². The van der Waals surface area contributed by atoms with E-state index in [1.807, 2.05) is 0 Å². The van der Waals surface area contributed by atoms with E-state index >= 15 is 0 Å². The van der Waals surface area contributed by atoms with Gasteiger partial charge in [-0.05, 0) is 41.3 Å². The number of carbonyl (C=O) groups excluding carboxylic acids is 3. The van der Waals surface area contributed by atoms with Crippen LogP contribution in [-0.4, -0.2) is 29.9 Å². The van der Waals surface area contributed by atoms with Gasteiger partial charge in [-0.15, -0.1) is 11.3 Å². The molecule has 0 fully saturated rings. The predicted octanol–water partition coefficient (Wildman–Crippen LogP) is 4.46. The molecule has 0 radical (unpaired) electrons. The summed E-state index contributed by atoms with van der Waals surface area (Å²) in [4.78, 5) is 39.7. The van der Waals surface area contributed by atoms with Crippen molar-refractivity contribution in [1.29, 1.82) is 0 Å². The maximum Gasteiger partial charge on any atom is 0.308 e. The second kappa shape index (κ2) is 8.68. The molecule has 0 spiro atoms. The number of esters is 1. The van der Waals surface area contributed by atoms with E-state index in [9.17, 15) is 19.5 Å². The molecule has 3 aromatic rings. The fourth-order valence-electron chi connectivity index (χ4n) is 3.63. The predicted molar refractivity (Wildman–Crippen MR) is 119 cm³/mol. The third kappa shape index (κ3) is 3.88. The lowest BCUT2D eigenvalue weighted by molar-refractivity contribution is -0.131. The summed E-state index contributed by atoms with van der Waals surface area (Å²) in [5.41, 5.74) is 0.905. The number of ketones is 1. The van der Waals surface area contributed by atoms with E-state index in [1.165, 1.54) is 30.3 Å². The molecular weight excluding hydrogens is 430 g/mol. The van der Waals surface area contributed by atoms with Crippen molar-refractivity contribution in [3.63, 3.8) is 0 Å². The number of ether oxygens (including phenoxy) is 2. The summed E-state index contributed by atoms with van der Waals surface area (Å²) in [7, 11) is 1.51. The van der Waals surface area contributed by atoms with Crippen molar-refractivity contribution in [2.45, 2.75) is 13.0 Å². The fraction of sp³-hybridized carbons (Fsp3) is 0.125. The second-order valence-electron chi connectivity index (χ2n) is 7.01. The molecule has 0 saturated carbocycles. The van der Waals surface area contributed by atoms with Crippen LogP contribution in [0, 0.1) is 0 Å². The van der Waals surface area contributed by atoms with Crippen LogP contribution < -0.4 is 14.4 Å². The molecule has 0 bridgehead atoms. The number of Topliss-reactive ketones (excluding diaryl/α,β-unsaturated/α-hetero) is 1. The maximum atomic E-state index is 13.3. The number of benzene rings is 2. The number of carbonyl (C=O) groups is 3. The van der Waals surface area contributed by atoms with Gasteiger partial charge < -0.3 is 14.6 Å². The summed E-state index contributed by atoms with van der Waals surface area (Å²) < 4.78 is 10.5. The van der Waals surface area contributed by atoms with E-state index in [0.717, 1.165) is 0 Å². The molecule has 0 saturated heterocycles. The Balaban J connectivity index is 1.88. The summed E-state index contributed by atoms with van der Waals surface area (Å²) in [6.07, 6.45) is 0. The van der Waals surface area contributed by atoms with Gasteiger partial charge in [0, 0.05) is 18.7 Å². The summed E-state index contributed by atoms with van der Waals surface area (Å²) >= 11 is 1.22. The topological polar surface area (TPSA) is 93.1 Å². The highest BCUT2D eigenvalue weighted by Gasteiger charge is 2.45. The van der Waals surface area contributed by atoms with Gasteiger partial charge in [-0.25, -0.2) is 0 Å². The zero-order valence-electron chi connectivity index (χ0n) is 17.3. The quantitative estimate of drug-likeness (QED) is 0.339. The monoisotopic (exact) mass is 449 g/mol. The smallest absolute Gasteiger partial charge is 0.308 e. The highest BCUT2D eigenvalue weighted by atomic mass is 32.1. The first kappa shape index (κ1) is 21.3. The molecule has 1 aliphatic heterocycles. The van der Waals surface area contributed by atoms with Crippen molar-refractivity contribution in [2.75, 3.05) is 12.0 Å². The minimum absolute atomic E-state index is 0.0414. The molecule has 1 atom stereocenters. The zero-order chi connectivity index (χ0) is 22.8. The van der Waals surface area contributed by atoms with Crippen LogP contribution >= 0.6 is 11.3 Å². The Labute approximate surface area is 188 Å². The largest absolute Gasteiger partial charge is 0.503 e.